The van der Waals surface area contributed by atoms with Crippen LogP contribution in [0.4, 0.5) is 11.4 Å². The van der Waals surface area contributed by atoms with Gasteiger partial charge in [0.05, 0.1) is 11.4 Å². The van der Waals surface area contributed by atoms with Crippen LogP contribution in [0.25, 0.3) is 21.0 Å². The van der Waals surface area contributed by atoms with Crippen molar-refractivity contribution in [1.29, 1.82) is 0 Å². The van der Waals surface area contributed by atoms with Gasteiger partial charge in [0.15, 0.2) is 5.78 Å². The van der Waals surface area contributed by atoms with E-state index in [1.54, 1.807) is 18.5 Å². The van der Waals surface area contributed by atoms with E-state index >= 15 is 0 Å². The molecule has 3 aromatic heterocycles. The molecule has 1 aromatic carbocycles. The number of nitrogen functional groups attached to an aromatic ring is 1. The minimum atomic E-state index is -0.283. The fourth-order valence-corrected chi connectivity index (χ4v) is 4.63. The number of rotatable bonds is 2. The van der Waals surface area contributed by atoms with Crippen molar-refractivity contribution in [2.24, 2.45) is 0 Å². The summed E-state index contributed by atoms with van der Waals surface area (Å²) in [6.07, 6.45) is 5.57. The molecule has 5 rings (SSSR count). The molecule has 4 aromatic rings. The number of nitrogens with one attached hydrogen (secondary N) is 1. The Morgan fingerprint density at radius 1 is 1.18 bits per heavy atom. The third-order valence-corrected chi connectivity index (χ3v) is 6.17. The summed E-state index contributed by atoms with van der Waals surface area (Å²) in [6.45, 7) is 0. The van der Waals surface area contributed by atoms with Gasteiger partial charge in [0, 0.05) is 46.2 Å². The van der Waals surface area contributed by atoms with E-state index in [9.17, 15) is 9.59 Å². The third-order valence-electron chi connectivity index (χ3n) is 5.05. The van der Waals surface area contributed by atoms with Crippen molar-refractivity contribution in [2.75, 3.05) is 11.1 Å². The average molecular weight is 388 g/mol. The average Bonchev–Trinajstić information content (AvgIpc) is 3.03. The second-order valence-electron chi connectivity index (χ2n) is 6.81. The van der Waals surface area contributed by atoms with Gasteiger partial charge in [-0.1, -0.05) is 12.1 Å². The number of benzene rings is 1. The number of thiophene rings is 1. The fourth-order valence-electron chi connectivity index (χ4n) is 3.64. The Kier molecular flexibility index (Phi) is 3.84. The molecule has 1 aliphatic carbocycles. The number of Topliss-reactive ketones (excluding diaryl/α,β-unsaturated/α-hetero) is 1. The predicted octanol–water partition coefficient (Wildman–Crippen LogP) is 4.20. The van der Waals surface area contributed by atoms with Crippen LogP contribution in [-0.4, -0.2) is 21.7 Å². The van der Waals surface area contributed by atoms with Crippen molar-refractivity contribution in [1.82, 2.24) is 9.97 Å². The fraction of sp³-hybridized carbons (Fsp3) is 0.143. The number of hydrogen-bond acceptors (Lipinski definition) is 6. The van der Waals surface area contributed by atoms with Gasteiger partial charge in [0.2, 0.25) is 0 Å². The van der Waals surface area contributed by atoms with Crippen LogP contribution in [-0.2, 0) is 6.42 Å². The Morgan fingerprint density at radius 3 is 2.96 bits per heavy atom. The summed E-state index contributed by atoms with van der Waals surface area (Å²) in [5, 5.41) is 5.47. The van der Waals surface area contributed by atoms with Crippen LogP contribution in [0.15, 0.2) is 42.7 Å². The number of carbonyl (C=O) groups is 2. The minimum absolute atomic E-state index is 0.0941. The van der Waals surface area contributed by atoms with E-state index in [-0.39, 0.29) is 11.7 Å². The Bertz CT molecular complexity index is 1270. The second kappa shape index (κ2) is 6.38. The van der Waals surface area contributed by atoms with Crippen molar-refractivity contribution < 1.29 is 9.59 Å². The number of ketones is 1. The number of aryl methyl sites for hydroxylation is 1. The lowest BCUT2D eigenvalue weighted by Crippen LogP contribution is -2.12. The topological polar surface area (TPSA) is 98.0 Å². The molecular weight excluding hydrogens is 372 g/mol. The highest BCUT2D eigenvalue weighted by molar-refractivity contribution is 7.21. The van der Waals surface area contributed by atoms with Crippen molar-refractivity contribution in [2.45, 2.75) is 19.3 Å². The highest BCUT2D eigenvalue weighted by Gasteiger charge is 2.23. The third kappa shape index (κ3) is 2.63. The van der Waals surface area contributed by atoms with E-state index in [0.29, 0.717) is 38.5 Å². The molecule has 0 saturated carbocycles. The summed E-state index contributed by atoms with van der Waals surface area (Å²) < 4.78 is 0. The van der Waals surface area contributed by atoms with Crippen molar-refractivity contribution in [3.63, 3.8) is 0 Å². The first-order valence-corrected chi connectivity index (χ1v) is 9.82. The molecule has 0 atom stereocenters. The largest absolute Gasteiger partial charge is 0.397 e. The van der Waals surface area contributed by atoms with E-state index in [0.717, 1.165) is 29.3 Å². The minimum Gasteiger partial charge on any atom is -0.397 e. The summed E-state index contributed by atoms with van der Waals surface area (Å²) >= 11 is 1.26. The van der Waals surface area contributed by atoms with E-state index in [2.05, 4.69) is 15.3 Å². The maximum Gasteiger partial charge on any atom is 0.267 e. The molecule has 6 nitrogen and oxygen atoms in total. The molecule has 0 spiro atoms. The summed E-state index contributed by atoms with van der Waals surface area (Å²) in [7, 11) is 0. The van der Waals surface area contributed by atoms with Gasteiger partial charge < -0.3 is 11.1 Å². The molecule has 7 heteroatoms. The molecular formula is C21H16N4O2S. The number of carbonyl (C=O) groups excluding carboxylic acids is 2. The smallest absolute Gasteiger partial charge is 0.267 e. The lowest BCUT2D eigenvalue weighted by Gasteiger charge is -2.13. The van der Waals surface area contributed by atoms with E-state index in [1.807, 2.05) is 24.3 Å². The maximum atomic E-state index is 12.9. The maximum absolute atomic E-state index is 12.9. The summed E-state index contributed by atoms with van der Waals surface area (Å²) in [6, 6.07) is 9.32. The van der Waals surface area contributed by atoms with E-state index < -0.39 is 0 Å². The van der Waals surface area contributed by atoms with Gasteiger partial charge >= 0.3 is 0 Å². The van der Waals surface area contributed by atoms with Gasteiger partial charge in [0.1, 0.15) is 9.71 Å². The highest BCUT2D eigenvalue weighted by atomic mass is 32.1. The van der Waals surface area contributed by atoms with Gasteiger partial charge in [0.25, 0.3) is 5.91 Å². The van der Waals surface area contributed by atoms with Gasteiger partial charge in [-0.15, -0.1) is 11.3 Å². The van der Waals surface area contributed by atoms with Crippen molar-refractivity contribution >= 4 is 55.4 Å². The molecule has 3 heterocycles. The quantitative estimate of drug-likeness (QED) is 0.536. The van der Waals surface area contributed by atoms with E-state index in [1.165, 1.54) is 11.3 Å². The zero-order valence-electron chi connectivity index (χ0n) is 14.9. The molecule has 0 unspecified atom stereocenters. The zero-order valence-corrected chi connectivity index (χ0v) is 15.7. The van der Waals surface area contributed by atoms with Crippen LogP contribution in [0.5, 0.6) is 0 Å². The van der Waals surface area contributed by atoms with Crippen molar-refractivity contribution in [3.8, 4) is 0 Å². The van der Waals surface area contributed by atoms with Crippen LogP contribution < -0.4 is 11.1 Å². The van der Waals surface area contributed by atoms with Crippen LogP contribution in [0, 0.1) is 0 Å². The van der Waals surface area contributed by atoms with Gasteiger partial charge in [-0.2, -0.15) is 0 Å². The number of anilines is 2. The normalized spacial score (nSPS) is 13.6. The first kappa shape index (κ1) is 16.8. The Balaban J connectivity index is 1.56. The van der Waals surface area contributed by atoms with Crippen LogP contribution in [0.3, 0.4) is 0 Å². The zero-order chi connectivity index (χ0) is 19.3. The van der Waals surface area contributed by atoms with Crippen LogP contribution in [0.1, 0.15) is 38.6 Å². The number of nitrogens with zero attached hydrogens (tertiary/aromatic N) is 2. The lowest BCUT2D eigenvalue weighted by molar-refractivity contribution is 0.0970. The second-order valence-corrected chi connectivity index (χ2v) is 7.81. The summed E-state index contributed by atoms with van der Waals surface area (Å²) in [5.74, 6) is -0.189. The SMILES string of the molecule is Nc1c(C(=O)Nc2cccc3cnccc23)sc2nc3c(cc12)C(=O)CCC3. The Labute approximate surface area is 164 Å². The molecule has 0 radical (unpaired) electrons. The molecule has 0 bridgehead atoms. The molecule has 1 aliphatic rings. The highest BCUT2D eigenvalue weighted by Crippen LogP contribution is 2.36. The number of fused-ring (bicyclic) bond motifs is 3. The predicted molar refractivity (Wildman–Crippen MR) is 111 cm³/mol. The first-order valence-electron chi connectivity index (χ1n) is 9.01. The first-order chi connectivity index (χ1) is 13.6. The van der Waals surface area contributed by atoms with Gasteiger partial charge in [-0.3, -0.25) is 14.6 Å². The molecule has 0 saturated heterocycles. The molecule has 1 amide bonds. The van der Waals surface area contributed by atoms with Gasteiger partial charge in [-0.25, -0.2) is 4.98 Å². The number of nitrogens with two attached hydrogens (primary N) is 1. The number of aromatic nitrogens is 2. The Hall–Kier alpha value is -3.32. The molecule has 3 N–H and O–H groups in total. The van der Waals surface area contributed by atoms with Crippen molar-refractivity contribution in [3.05, 3.63) is 58.9 Å². The lowest BCUT2D eigenvalue weighted by atomic mass is 9.94. The van der Waals surface area contributed by atoms with Crippen LogP contribution in [0.2, 0.25) is 0 Å². The summed E-state index contributed by atoms with van der Waals surface area (Å²) in [4.78, 5) is 35.0. The Morgan fingerprint density at radius 2 is 2.07 bits per heavy atom. The standard InChI is InChI=1S/C21H16N4O2S/c22-18-14-9-13-16(5-2-6-17(13)26)25-21(14)28-19(18)20(27)24-15-4-1-3-11-10-23-8-7-12(11)15/h1,3-4,7-10H,2,5-6,22H2,(H,24,27). The van der Waals surface area contributed by atoms with Crippen LogP contribution >= 0.6 is 11.3 Å². The molecule has 138 valence electrons. The monoisotopic (exact) mass is 388 g/mol. The molecule has 28 heavy (non-hydrogen) atoms. The summed E-state index contributed by atoms with van der Waals surface area (Å²) in [5.41, 5.74) is 8.78. The molecule has 0 aliphatic heterocycles. The number of amides is 1. The number of pyridine rings is 2. The number of hydrogen-bond donors (Lipinski definition) is 2. The van der Waals surface area contributed by atoms with E-state index in [4.69, 9.17) is 5.73 Å². The molecule has 0 fully saturated rings. The van der Waals surface area contributed by atoms with Gasteiger partial charge in [-0.05, 0) is 31.0 Å².